The summed E-state index contributed by atoms with van der Waals surface area (Å²) >= 11 is 0. The van der Waals surface area contributed by atoms with Crippen LogP contribution in [0.4, 0.5) is 4.79 Å². The third kappa shape index (κ3) is 5.73. The highest BCUT2D eigenvalue weighted by Gasteiger charge is 2.29. The molecular formula is C20H31N3O3. The molecular weight excluding hydrogens is 330 g/mol. The van der Waals surface area contributed by atoms with Crippen LogP contribution in [0.2, 0.25) is 0 Å². The van der Waals surface area contributed by atoms with Crippen molar-refractivity contribution < 1.29 is 14.3 Å². The van der Waals surface area contributed by atoms with Gasteiger partial charge in [0.05, 0.1) is 6.04 Å². The number of hydrogen-bond acceptors (Lipinski definition) is 4. The van der Waals surface area contributed by atoms with Crippen LogP contribution in [0.15, 0.2) is 30.3 Å². The van der Waals surface area contributed by atoms with Crippen LogP contribution in [0.5, 0.6) is 0 Å². The van der Waals surface area contributed by atoms with Gasteiger partial charge < -0.3 is 20.7 Å². The number of nitrogens with zero attached hydrogens (tertiary/aromatic N) is 1. The Bertz CT molecular complexity index is 583. The number of nitrogens with one attached hydrogen (secondary N) is 1. The molecule has 0 bridgehead atoms. The van der Waals surface area contributed by atoms with Gasteiger partial charge in [-0.05, 0) is 37.2 Å². The van der Waals surface area contributed by atoms with Gasteiger partial charge in [-0.1, -0.05) is 44.2 Å². The predicted molar refractivity (Wildman–Crippen MR) is 101 cm³/mol. The standard InChI is InChI=1S/C20H31N3O3/c1-14(2)18(21)19(24)22-16-9-11-17(12-10-16)23(3)20(25)26-13-15-7-5-4-6-8-15/h4-8,14,16-18H,9-13,21H2,1-3H3,(H,22,24)/t16?,17?,18-/m0/s1. The maximum absolute atomic E-state index is 12.3. The second-order valence-electron chi connectivity index (χ2n) is 7.43. The summed E-state index contributed by atoms with van der Waals surface area (Å²) in [6, 6.07) is 9.46. The van der Waals surface area contributed by atoms with E-state index in [2.05, 4.69) is 5.32 Å². The second-order valence-corrected chi connectivity index (χ2v) is 7.43. The number of nitrogens with two attached hydrogens (primary N) is 1. The molecule has 0 aromatic heterocycles. The van der Waals surface area contributed by atoms with E-state index in [0.29, 0.717) is 0 Å². The van der Waals surface area contributed by atoms with Crippen molar-refractivity contribution in [3.05, 3.63) is 35.9 Å². The summed E-state index contributed by atoms with van der Waals surface area (Å²) in [4.78, 5) is 26.0. The molecule has 2 rings (SSSR count). The molecule has 0 aliphatic heterocycles. The van der Waals surface area contributed by atoms with E-state index in [1.807, 2.05) is 44.2 Å². The summed E-state index contributed by atoms with van der Waals surface area (Å²) in [7, 11) is 1.78. The lowest BCUT2D eigenvalue weighted by Gasteiger charge is -2.34. The van der Waals surface area contributed by atoms with Gasteiger partial charge in [0.15, 0.2) is 0 Å². The van der Waals surface area contributed by atoms with Crippen LogP contribution < -0.4 is 11.1 Å². The number of benzene rings is 1. The molecule has 1 saturated carbocycles. The fraction of sp³-hybridized carbons (Fsp3) is 0.600. The van der Waals surface area contributed by atoms with E-state index < -0.39 is 6.04 Å². The van der Waals surface area contributed by atoms with E-state index >= 15 is 0 Å². The highest BCUT2D eigenvalue weighted by molar-refractivity contribution is 5.82. The molecule has 1 aromatic rings. The average Bonchev–Trinajstić information content (AvgIpc) is 2.66. The molecule has 3 N–H and O–H groups in total. The maximum atomic E-state index is 12.3. The molecule has 26 heavy (non-hydrogen) atoms. The van der Waals surface area contributed by atoms with Gasteiger partial charge in [0.25, 0.3) is 0 Å². The zero-order valence-electron chi connectivity index (χ0n) is 16.0. The first-order valence-corrected chi connectivity index (χ1v) is 9.38. The normalized spacial score (nSPS) is 21.1. The lowest BCUT2D eigenvalue weighted by Crippen LogP contribution is -2.50. The van der Waals surface area contributed by atoms with Crippen molar-refractivity contribution >= 4 is 12.0 Å². The molecule has 0 spiro atoms. The summed E-state index contributed by atoms with van der Waals surface area (Å²) in [5.41, 5.74) is 6.87. The first-order valence-electron chi connectivity index (χ1n) is 9.38. The molecule has 2 amide bonds. The predicted octanol–water partition coefficient (Wildman–Crippen LogP) is 2.67. The lowest BCUT2D eigenvalue weighted by molar-refractivity contribution is -0.124. The molecule has 0 saturated heterocycles. The minimum Gasteiger partial charge on any atom is -0.445 e. The third-order valence-corrected chi connectivity index (χ3v) is 5.10. The van der Waals surface area contributed by atoms with Gasteiger partial charge in [0.1, 0.15) is 6.61 Å². The van der Waals surface area contributed by atoms with Crippen molar-refractivity contribution in [2.75, 3.05) is 7.05 Å². The van der Waals surface area contributed by atoms with Crippen LogP contribution in [-0.2, 0) is 16.1 Å². The number of carbonyl (C=O) groups is 2. The molecule has 1 aliphatic rings. The first kappa shape index (κ1) is 20.2. The summed E-state index contributed by atoms with van der Waals surface area (Å²) in [6.45, 7) is 4.16. The topological polar surface area (TPSA) is 84.7 Å². The van der Waals surface area contributed by atoms with Gasteiger partial charge in [-0.15, -0.1) is 0 Å². The maximum Gasteiger partial charge on any atom is 0.410 e. The van der Waals surface area contributed by atoms with Crippen LogP contribution in [-0.4, -0.2) is 42.1 Å². The van der Waals surface area contributed by atoms with Crippen LogP contribution in [0.25, 0.3) is 0 Å². The highest BCUT2D eigenvalue weighted by atomic mass is 16.6. The molecule has 1 fully saturated rings. The number of amides is 2. The molecule has 6 heteroatoms. The van der Waals surface area contributed by atoms with Crippen LogP contribution in [0.3, 0.4) is 0 Å². The molecule has 144 valence electrons. The van der Waals surface area contributed by atoms with Crippen LogP contribution in [0.1, 0.15) is 45.1 Å². The fourth-order valence-corrected chi connectivity index (χ4v) is 3.18. The summed E-state index contributed by atoms with van der Waals surface area (Å²) in [5, 5.41) is 3.04. The van der Waals surface area contributed by atoms with E-state index in [9.17, 15) is 9.59 Å². The Labute approximate surface area is 156 Å². The summed E-state index contributed by atoms with van der Waals surface area (Å²) < 4.78 is 5.39. The summed E-state index contributed by atoms with van der Waals surface area (Å²) in [6.07, 6.45) is 3.08. The molecule has 1 aromatic carbocycles. The molecule has 0 heterocycles. The monoisotopic (exact) mass is 361 g/mol. The van der Waals surface area contributed by atoms with Crippen molar-refractivity contribution in [2.24, 2.45) is 11.7 Å². The number of hydrogen-bond donors (Lipinski definition) is 2. The minimum atomic E-state index is -0.469. The van der Waals surface area contributed by atoms with Gasteiger partial charge in [0.2, 0.25) is 5.91 Å². The smallest absolute Gasteiger partial charge is 0.410 e. The number of rotatable bonds is 6. The highest BCUT2D eigenvalue weighted by Crippen LogP contribution is 2.23. The molecule has 0 radical (unpaired) electrons. The quantitative estimate of drug-likeness (QED) is 0.816. The van der Waals surface area contributed by atoms with Gasteiger partial charge in [-0.2, -0.15) is 0 Å². The van der Waals surface area contributed by atoms with Crippen LogP contribution in [0, 0.1) is 5.92 Å². The Morgan fingerprint density at radius 3 is 2.38 bits per heavy atom. The Morgan fingerprint density at radius 1 is 1.19 bits per heavy atom. The Morgan fingerprint density at radius 2 is 1.81 bits per heavy atom. The van der Waals surface area contributed by atoms with Crippen LogP contribution >= 0.6 is 0 Å². The minimum absolute atomic E-state index is 0.0842. The van der Waals surface area contributed by atoms with Gasteiger partial charge in [0, 0.05) is 19.1 Å². The van der Waals surface area contributed by atoms with Gasteiger partial charge in [-0.25, -0.2) is 4.79 Å². The Kier molecular flexibility index (Phi) is 7.45. The zero-order chi connectivity index (χ0) is 19.1. The lowest BCUT2D eigenvalue weighted by atomic mass is 9.90. The van der Waals surface area contributed by atoms with Gasteiger partial charge >= 0.3 is 6.09 Å². The van der Waals surface area contributed by atoms with Crippen molar-refractivity contribution in [3.63, 3.8) is 0 Å². The number of ether oxygens (including phenoxy) is 1. The van der Waals surface area contributed by atoms with E-state index in [-0.39, 0.29) is 36.6 Å². The van der Waals surface area contributed by atoms with E-state index in [4.69, 9.17) is 10.5 Å². The molecule has 0 unspecified atom stereocenters. The molecule has 1 atom stereocenters. The fourth-order valence-electron chi connectivity index (χ4n) is 3.18. The second kappa shape index (κ2) is 9.57. The van der Waals surface area contributed by atoms with Crippen molar-refractivity contribution in [3.8, 4) is 0 Å². The molecule has 1 aliphatic carbocycles. The van der Waals surface area contributed by atoms with Gasteiger partial charge in [-0.3, -0.25) is 4.79 Å². The van der Waals surface area contributed by atoms with Crippen molar-refractivity contribution in [1.82, 2.24) is 10.2 Å². The first-order chi connectivity index (χ1) is 12.4. The average molecular weight is 361 g/mol. The van der Waals surface area contributed by atoms with E-state index in [1.165, 1.54) is 0 Å². The SMILES string of the molecule is CC(C)[C@H](N)C(=O)NC1CCC(N(C)C(=O)OCc2ccccc2)CC1. The molecule has 6 nitrogen and oxygen atoms in total. The zero-order valence-corrected chi connectivity index (χ0v) is 16.0. The van der Waals surface area contributed by atoms with E-state index in [1.54, 1.807) is 11.9 Å². The Balaban J connectivity index is 1.74. The third-order valence-electron chi connectivity index (χ3n) is 5.10. The van der Waals surface area contributed by atoms with Crippen molar-refractivity contribution in [2.45, 2.75) is 64.3 Å². The van der Waals surface area contributed by atoms with E-state index in [0.717, 1.165) is 31.2 Å². The number of carbonyl (C=O) groups excluding carboxylic acids is 2. The summed E-state index contributed by atoms with van der Waals surface area (Å²) in [5.74, 6) is 0.0379. The Hall–Kier alpha value is -2.08. The van der Waals surface area contributed by atoms with Crippen molar-refractivity contribution in [1.29, 1.82) is 0 Å². The largest absolute Gasteiger partial charge is 0.445 e.